The molecule has 1 aromatic heterocycles. The third kappa shape index (κ3) is 4.90. The molecule has 1 atom stereocenters. The molecule has 1 rings (SSSR count). The first-order valence-corrected chi connectivity index (χ1v) is 5.37. The lowest BCUT2D eigenvalue weighted by atomic mass is 10.2. The van der Waals surface area contributed by atoms with Crippen molar-refractivity contribution >= 4 is 0 Å². The fraction of sp³-hybridized carbons (Fsp3) is 0.800. The average molecular weight is 213 g/mol. The standard InChI is InChI=1S/C10H19N3O2/c1-3-14-7-6-9-12-10(15-13-9)5-4-8(2)11/h8H,3-7,11H2,1-2H3. The maximum Gasteiger partial charge on any atom is 0.226 e. The van der Waals surface area contributed by atoms with Gasteiger partial charge in [-0.2, -0.15) is 4.98 Å². The van der Waals surface area contributed by atoms with Gasteiger partial charge in [-0.1, -0.05) is 5.16 Å². The van der Waals surface area contributed by atoms with Gasteiger partial charge in [0, 0.05) is 25.5 Å². The van der Waals surface area contributed by atoms with E-state index in [1.54, 1.807) is 0 Å². The van der Waals surface area contributed by atoms with Crippen LogP contribution in [0.1, 0.15) is 32.0 Å². The molecule has 0 fully saturated rings. The summed E-state index contributed by atoms with van der Waals surface area (Å²) in [6.45, 7) is 5.29. The van der Waals surface area contributed by atoms with E-state index in [1.807, 2.05) is 13.8 Å². The lowest BCUT2D eigenvalue weighted by Crippen LogP contribution is -2.15. The molecule has 15 heavy (non-hydrogen) atoms. The highest BCUT2D eigenvalue weighted by molar-refractivity contribution is 4.87. The van der Waals surface area contributed by atoms with Crippen LogP contribution in [0.15, 0.2) is 4.52 Å². The van der Waals surface area contributed by atoms with Crippen LogP contribution in [0.2, 0.25) is 0 Å². The zero-order chi connectivity index (χ0) is 11.1. The fourth-order valence-corrected chi connectivity index (χ4v) is 1.15. The van der Waals surface area contributed by atoms with Gasteiger partial charge < -0.3 is 15.0 Å². The molecule has 1 unspecified atom stereocenters. The number of ether oxygens (including phenoxy) is 1. The third-order valence-corrected chi connectivity index (χ3v) is 2.00. The van der Waals surface area contributed by atoms with Crippen molar-refractivity contribution in [2.75, 3.05) is 13.2 Å². The van der Waals surface area contributed by atoms with Gasteiger partial charge in [0.2, 0.25) is 5.89 Å². The Hall–Kier alpha value is -0.940. The second kappa shape index (κ2) is 6.53. The van der Waals surface area contributed by atoms with Crippen LogP contribution in [0, 0.1) is 0 Å². The largest absolute Gasteiger partial charge is 0.381 e. The van der Waals surface area contributed by atoms with E-state index in [0.717, 1.165) is 19.4 Å². The predicted octanol–water partition coefficient (Wildman–Crippen LogP) is 0.928. The lowest BCUT2D eigenvalue weighted by molar-refractivity contribution is 0.149. The molecule has 0 bridgehead atoms. The summed E-state index contributed by atoms with van der Waals surface area (Å²) in [6.07, 6.45) is 2.32. The molecule has 86 valence electrons. The summed E-state index contributed by atoms with van der Waals surface area (Å²) in [5.74, 6) is 1.38. The highest BCUT2D eigenvalue weighted by Gasteiger charge is 2.06. The molecule has 0 radical (unpaired) electrons. The molecule has 5 nitrogen and oxygen atoms in total. The van der Waals surface area contributed by atoms with Crippen molar-refractivity contribution in [2.45, 2.75) is 39.2 Å². The van der Waals surface area contributed by atoms with Crippen LogP contribution in [-0.4, -0.2) is 29.4 Å². The van der Waals surface area contributed by atoms with Crippen molar-refractivity contribution < 1.29 is 9.26 Å². The quantitative estimate of drug-likeness (QED) is 0.682. The predicted molar refractivity (Wildman–Crippen MR) is 56.5 cm³/mol. The maximum atomic E-state index is 5.64. The minimum absolute atomic E-state index is 0.170. The number of aryl methyl sites for hydroxylation is 1. The van der Waals surface area contributed by atoms with Crippen LogP contribution in [0.4, 0.5) is 0 Å². The van der Waals surface area contributed by atoms with Gasteiger partial charge in [0.15, 0.2) is 5.82 Å². The van der Waals surface area contributed by atoms with E-state index in [1.165, 1.54) is 0 Å². The van der Waals surface area contributed by atoms with Crippen molar-refractivity contribution in [1.82, 2.24) is 10.1 Å². The van der Waals surface area contributed by atoms with Gasteiger partial charge in [0.1, 0.15) is 0 Å². The molecule has 0 aliphatic rings. The second-order valence-electron chi connectivity index (χ2n) is 3.57. The molecule has 0 aliphatic carbocycles. The number of nitrogens with two attached hydrogens (primary N) is 1. The Bertz CT molecular complexity index is 273. The first kappa shape index (κ1) is 12.1. The number of nitrogens with zero attached hydrogens (tertiary/aromatic N) is 2. The zero-order valence-corrected chi connectivity index (χ0v) is 9.40. The van der Waals surface area contributed by atoms with E-state index < -0.39 is 0 Å². The van der Waals surface area contributed by atoms with E-state index >= 15 is 0 Å². The highest BCUT2D eigenvalue weighted by atomic mass is 16.5. The molecule has 1 aromatic rings. The molecular formula is C10H19N3O2. The van der Waals surface area contributed by atoms with Crippen molar-refractivity contribution in [3.63, 3.8) is 0 Å². The number of hydrogen-bond donors (Lipinski definition) is 1. The SMILES string of the molecule is CCOCCc1noc(CCC(C)N)n1. The van der Waals surface area contributed by atoms with Crippen LogP contribution in [0.25, 0.3) is 0 Å². The fourth-order valence-electron chi connectivity index (χ4n) is 1.15. The highest BCUT2D eigenvalue weighted by Crippen LogP contribution is 2.03. The minimum atomic E-state index is 0.170. The molecule has 2 N–H and O–H groups in total. The van der Waals surface area contributed by atoms with Gasteiger partial charge >= 0.3 is 0 Å². The lowest BCUT2D eigenvalue weighted by Gasteiger charge is -1.99. The Balaban J connectivity index is 2.29. The first-order valence-electron chi connectivity index (χ1n) is 5.37. The molecular weight excluding hydrogens is 194 g/mol. The summed E-state index contributed by atoms with van der Waals surface area (Å²) in [6, 6.07) is 0.170. The van der Waals surface area contributed by atoms with Crippen molar-refractivity contribution in [3.05, 3.63) is 11.7 Å². The van der Waals surface area contributed by atoms with Crippen LogP contribution < -0.4 is 5.73 Å². The van der Waals surface area contributed by atoms with Crippen LogP contribution in [0.3, 0.4) is 0 Å². The summed E-state index contributed by atoms with van der Waals surface area (Å²) in [5, 5.41) is 3.86. The topological polar surface area (TPSA) is 74.2 Å². The Morgan fingerprint density at radius 2 is 2.27 bits per heavy atom. The second-order valence-corrected chi connectivity index (χ2v) is 3.57. The Labute approximate surface area is 90.0 Å². The minimum Gasteiger partial charge on any atom is -0.381 e. The third-order valence-electron chi connectivity index (χ3n) is 2.00. The van der Waals surface area contributed by atoms with Crippen molar-refractivity contribution in [2.24, 2.45) is 5.73 Å². The smallest absolute Gasteiger partial charge is 0.226 e. The molecule has 5 heteroatoms. The summed E-state index contributed by atoms with van der Waals surface area (Å²) in [4.78, 5) is 4.24. The Kier molecular flexibility index (Phi) is 5.28. The van der Waals surface area contributed by atoms with Gasteiger partial charge in [-0.25, -0.2) is 0 Å². The number of aromatic nitrogens is 2. The van der Waals surface area contributed by atoms with Crippen LogP contribution in [0.5, 0.6) is 0 Å². The van der Waals surface area contributed by atoms with Crippen LogP contribution >= 0.6 is 0 Å². The van der Waals surface area contributed by atoms with E-state index in [9.17, 15) is 0 Å². The van der Waals surface area contributed by atoms with E-state index in [4.69, 9.17) is 15.0 Å². The molecule has 0 saturated carbocycles. The Morgan fingerprint density at radius 3 is 2.93 bits per heavy atom. The maximum absolute atomic E-state index is 5.64. The first-order chi connectivity index (χ1) is 7.22. The summed E-state index contributed by atoms with van der Waals surface area (Å²) >= 11 is 0. The summed E-state index contributed by atoms with van der Waals surface area (Å²) < 4.78 is 10.3. The molecule has 0 aromatic carbocycles. The zero-order valence-electron chi connectivity index (χ0n) is 9.40. The van der Waals surface area contributed by atoms with Gasteiger partial charge in [0.05, 0.1) is 6.61 Å². The van der Waals surface area contributed by atoms with Gasteiger partial charge in [0.25, 0.3) is 0 Å². The molecule has 0 aliphatic heterocycles. The molecule has 0 saturated heterocycles. The van der Waals surface area contributed by atoms with Crippen molar-refractivity contribution in [3.8, 4) is 0 Å². The Morgan fingerprint density at radius 1 is 1.47 bits per heavy atom. The van der Waals surface area contributed by atoms with Gasteiger partial charge in [-0.05, 0) is 20.3 Å². The molecule has 0 amide bonds. The average Bonchev–Trinajstić information content (AvgIpc) is 2.63. The van der Waals surface area contributed by atoms with Crippen LogP contribution in [-0.2, 0) is 17.6 Å². The van der Waals surface area contributed by atoms with Gasteiger partial charge in [-0.15, -0.1) is 0 Å². The number of rotatable bonds is 7. The normalized spacial score (nSPS) is 13.0. The van der Waals surface area contributed by atoms with E-state index in [2.05, 4.69) is 10.1 Å². The molecule has 0 spiro atoms. The van der Waals surface area contributed by atoms with Gasteiger partial charge in [-0.3, -0.25) is 0 Å². The molecule has 1 heterocycles. The summed E-state index contributed by atoms with van der Waals surface area (Å²) in [7, 11) is 0. The van der Waals surface area contributed by atoms with E-state index in [-0.39, 0.29) is 6.04 Å². The summed E-state index contributed by atoms with van der Waals surface area (Å²) in [5.41, 5.74) is 5.64. The van der Waals surface area contributed by atoms with Crippen molar-refractivity contribution in [1.29, 1.82) is 0 Å². The number of hydrogen-bond acceptors (Lipinski definition) is 5. The monoisotopic (exact) mass is 213 g/mol. The van der Waals surface area contributed by atoms with E-state index in [0.29, 0.717) is 24.7 Å².